The molecule has 16 heavy (non-hydrogen) atoms. The smallest absolute Gasteiger partial charge is 0.324 e. The van der Waals surface area contributed by atoms with Gasteiger partial charge >= 0.3 is 6.03 Å². The fraction of sp³-hybridized carbons (Fsp3) is 0.273. The molecule has 84 valence electrons. The van der Waals surface area contributed by atoms with Crippen molar-refractivity contribution in [2.75, 3.05) is 6.54 Å². The summed E-state index contributed by atoms with van der Waals surface area (Å²) in [5.41, 5.74) is 0. The molecule has 1 saturated heterocycles. The number of imide groups is 1. The average Bonchev–Trinajstić information content (AvgIpc) is 2.61. The van der Waals surface area contributed by atoms with Gasteiger partial charge in [-0.2, -0.15) is 0 Å². The zero-order valence-electron chi connectivity index (χ0n) is 8.84. The maximum absolute atomic E-state index is 11.4. The van der Waals surface area contributed by atoms with Crippen molar-refractivity contribution < 1.29 is 9.59 Å². The molecule has 3 amide bonds. The Morgan fingerprint density at radius 1 is 1.44 bits per heavy atom. The lowest BCUT2D eigenvalue weighted by molar-refractivity contribution is -0.125. The van der Waals surface area contributed by atoms with Crippen molar-refractivity contribution >= 4 is 23.7 Å². The minimum absolute atomic E-state index is 0.0567. The van der Waals surface area contributed by atoms with Crippen LogP contribution in [0.1, 0.15) is 6.92 Å². The van der Waals surface area contributed by atoms with Crippen LogP contribution in [0.3, 0.4) is 0 Å². The van der Waals surface area contributed by atoms with Crippen LogP contribution in [-0.4, -0.2) is 28.8 Å². The summed E-state index contributed by atoms with van der Waals surface area (Å²) < 4.78 is 0. The van der Waals surface area contributed by atoms with E-state index in [2.05, 4.69) is 5.32 Å². The highest BCUT2D eigenvalue weighted by atomic mass is 32.2. The average molecular weight is 236 g/mol. The number of hydrogen-bond donors (Lipinski definition) is 1. The summed E-state index contributed by atoms with van der Waals surface area (Å²) in [6.45, 7) is 1.82. The van der Waals surface area contributed by atoms with E-state index < -0.39 is 0 Å². The van der Waals surface area contributed by atoms with Crippen molar-refractivity contribution in [2.24, 2.45) is 0 Å². The summed E-state index contributed by atoms with van der Waals surface area (Å²) >= 11 is 1.55. The Bertz CT molecular complexity index is 408. The van der Waals surface area contributed by atoms with Crippen LogP contribution in [-0.2, 0) is 4.79 Å². The number of hydrogen-bond acceptors (Lipinski definition) is 3. The molecule has 0 radical (unpaired) electrons. The third-order valence-electron chi connectivity index (χ3n) is 2.28. The van der Waals surface area contributed by atoms with Gasteiger partial charge in [0.05, 0.1) is 11.9 Å². The summed E-state index contributed by atoms with van der Waals surface area (Å²) in [5, 5.41) is 2.71. The molecule has 0 aliphatic carbocycles. The summed E-state index contributed by atoms with van der Waals surface area (Å²) in [6, 6.07) is 9.49. The molecule has 1 atom stereocenters. The van der Waals surface area contributed by atoms with Crippen LogP contribution in [0.4, 0.5) is 4.79 Å². The van der Waals surface area contributed by atoms with Gasteiger partial charge in [0, 0.05) is 11.8 Å². The lowest BCUT2D eigenvalue weighted by Gasteiger charge is -2.09. The minimum atomic E-state index is -0.305. The number of thioether (sulfide) groups is 1. The van der Waals surface area contributed by atoms with E-state index in [0.29, 0.717) is 6.54 Å². The molecular formula is C11H12N2O2S. The van der Waals surface area contributed by atoms with E-state index in [4.69, 9.17) is 0 Å². The fourth-order valence-electron chi connectivity index (χ4n) is 1.51. The van der Waals surface area contributed by atoms with E-state index in [1.165, 1.54) is 11.8 Å². The van der Waals surface area contributed by atoms with Crippen molar-refractivity contribution in [1.82, 2.24) is 10.2 Å². The number of benzene rings is 1. The maximum Gasteiger partial charge on any atom is 0.325 e. The van der Waals surface area contributed by atoms with E-state index in [1.807, 2.05) is 30.3 Å². The second-order valence-corrected chi connectivity index (χ2v) is 4.77. The van der Waals surface area contributed by atoms with Gasteiger partial charge in [0.15, 0.2) is 0 Å². The van der Waals surface area contributed by atoms with Gasteiger partial charge in [-0.3, -0.25) is 9.69 Å². The Balaban J connectivity index is 1.99. The molecule has 2 rings (SSSR count). The lowest BCUT2D eigenvalue weighted by Crippen LogP contribution is -2.32. The van der Waals surface area contributed by atoms with Gasteiger partial charge in [-0.25, -0.2) is 4.79 Å². The standard InChI is InChI=1S/C11H12N2O2S/c1-8(14)13-7-10(12-11(13)15)16-9-5-3-2-4-6-9/h2-6,10H,7H2,1H3,(H,12,15). The second kappa shape index (κ2) is 4.57. The predicted molar refractivity (Wildman–Crippen MR) is 62.0 cm³/mol. The normalized spacial score (nSPS) is 19.7. The van der Waals surface area contributed by atoms with Crippen LogP contribution in [0.5, 0.6) is 0 Å². The first-order valence-electron chi connectivity index (χ1n) is 4.97. The number of urea groups is 1. The van der Waals surface area contributed by atoms with Gasteiger partial charge in [0.25, 0.3) is 0 Å². The van der Waals surface area contributed by atoms with Crippen LogP contribution in [0.15, 0.2) is 35.2 Å². The Kier molecular flexibility index (Phi) is 3.14. The molecule has 0 aromatic heterocycles. The number of rotatable bonds is 2. The SMILES string of the molecule is CC(=O)N1CC(Sc2ccccc2)NC1=O. The zero-order valence-corrected chi connectivity index (χ0v) is 9.66. The summed E-state index contributed by atoms with van der Waals surface area (Å²) in [6.07, 6.45) is 0. The van der Waals surface area contributed by atoms with Crippen molar-refractivity contribution in [3.8, 4) is 0 Å². The van der Waals surface area contributed by atoms with Crippen LogP contribution >= 0.6 is 11.8 Å². The Hall–Kier alpha value is -1.49. The van der Waals surface area contributed by atoms with Crippen LogP contribution in [0, 0.1) is 0 Å². The van der Waals surface area contributed by atoms with Crippen LogP contribution in [0.25, 0.3) is 0 Å². The van der Waals surface area contributed by atoms with E-state index in [0.717, 1.165) is 4.90 Å². The third kappa shape index (κ3) is 2.36. The highest BCUT2D eigenvalue weighted by Gasteiger charge is 2.31. The maximum atomic E-state index is 11.4. The van der Waals surface area contributed by atoms with E-state index in [9.17, 15) is 9.59 Å². The summed E-state index contributed by atoms with van der Waals surface area (Å²) in [7, 11) is 0. The van der Waals surface area contributed by atoms with Crippen molar-refractivity contribution in [2.45, 2.75) is 17.2 Å². The van der Waals surface area contributed by atoms with Crippen LogP contribution in [0.2, 0.25) is 0 Å². The van der Waals surface area contributed by atoms with Crippen molar-refractivity contribution in [3.63, 3.8) is 0 Å². The topological polar surface area (TPSA) is 49.4 Å². The highest BCUT2D eigenvalue weighted by Crippen LogP contribution is 2.24. The first-order chi connectivity index (χ1) is 7.66. The largest absolute Gasteiger partial charge is 0.325 e. The van der Waals surface area contributed by atoms with Gasteiger partial charge < -0.3 is 5.32 Å². The predicted octanol–water partition coefficient (Wildman–Crippen LogP) is 1.68. The lowest BCUT2D eigenvalue weighted by atomic mass is 10.4. The first kappa shape index (κ1) is 11.0. The molecule has 0 saturated carbocycles. The van der Waals surface area contributed by atoms with Crippen molar-refractivity contribution in [1.29, 1.82) is 0 Å². The summed E-state index contributed by atoms with van der Waals surface area (Å²) in [5.74, 6) is -0.214. The quantitative estimate of drug-likeness (QED) is 0.850. The number of nitrogens with one attached hydrogen (secondary N) is 1. The molecule has 1 N–H and O–H groups in total. The third-order valence-corrected chi connectivity index (χ3v) is 3.38. The molecule has 1 aromatic rings. The molecule has 0 bridgehead atoms. The molecule has 1 aromatic carbocycles. The fourth-order valence-corrected chi connectivity index (χ4v) is 2.54. The van der Waals surface area contributed by atoms with Gasteiger partial charge in [-0.1, -0.05) is 30.0 Å². The van der Waals surface area contributed by atoms with Gasteiger partial charge in [-0.15, -0.1) is 0 Å². The molecule has 0 spiro atoms. The minimum Gasteiger partial charge on any atom is -0.324 e. The Morgan fingerprint density at radius 3 is 2.69 bits per heavy atom. The van der Waals surface area contributed by atoms with Crippen LogP contribution < -0.4 is 5.32 Å². The molecule has 1 unspecified atom stereocenters. The van der Waals surface area contributed by atoms with Crippen molar-refractivity contribution in [3.05, 3.63) is 30.3 Å². The molecule has 1 aliphatic rings. The number of nitrogens with zero attached hydrogens (tertiary/aromatic N) is 1. The molecular weight excluding hydrogens is 224 g/mol. The molecule has 1 heterocycles. The molecule has 4 nitrogen and oxygen atoms in total. The molecule has 1 fully saturated rings. The van der Waals surface area contributed by atoms with E-state index in [1.54, 1.807) is 11.8 Å². The number of amides is 3. The molecule has 5 heteroatoms. The summed E-state index contributed by atoms with van der Waals surface area (Å²) in [4.78, 5) is 24.8. The monoisotopic (exact) mass is 236 g/mol. The highest BCUT2D eigenvalue weighted by molar-refractivity contribution is 8.00. The zero-order chi connectivity index (χ0) is 11.5. The Morgan fingerprint density at radius 2 is 2.12 bits per heavy atom. The van der Waals surface area contributed by atoms with Gasteiger partial charge in [0.2, 0.25) is 5.91 Å². The van der Waals surface area contributed by atoms with E-state index >= 15 is 0 Å². The van der Waals surface area contributed by atoms with Gasteiger partial charge in [-0.05, 0) is 12.1 Å². The Labute approximate surface area is 98.0 Å². The van der Waals surface area contributed by atoms with E-state index in [-0.39, 0.29) is 17.3 Å². The number of carbonyl (C=O) groups is 2. The second-order valence-electron chi connectivity index (χ2n) is 3.50. The molecule has 1 aliphatic heterocycles. The first-order valence-corrected chi connectivity index (χ1v) is 5.85. The number of carbonyl (C=O) groups excluding carboxylic acids is 2. The van der Waals surface area contributed by atoms with Gasteiger partial charge in [0.1, 0.15) is 0 Å².